The van der Waals surface area contributed by atoms with E-state index in [4.69, 9.17) is 4.74 Å². The first kappa shape index (κ1) is 30.7. The Bertz CT molecular complexity index is 1630. The van der Waals surface area contributed by atoms with Crippen molar-refractivity contribution in [3.05, 3.63) is 126 Å². The molecule has 4 rings (SSSR count). The number of para-hydroxylation sites is 1. The number of pyridine rings is 1. The maximum Gasteiger partial charge on any atom is 0.339 e. The molecule has 0 fully saturated rings. The molecule has 1 aromatic heterocycles. The van der Waals surface area contributed by atoms with Gasteiger partial charge in [0.1, 0.15) is 5.70 Å². The molecule has 3 aromatic carbocycles. The van der Waals surface area contributed by atoms with Gasteiger partial charge in [-0.05, 0) is 66.6 Å². The van der Waals surface area contributed by atoms with E-state index >= 15 is 0 Å². The summed E-state index contributed by atoms with van der Waals surface area (Å²) in [6.07, 6.45) is 5.26. The molecule has 1 unspecified atom stereocenters. The number of nitrogens with zero attached hydrogens (tertiary/aromatic N) is 1. The maximum absolute atomic E-state index is 13.4. The van der Waals surface area contributed by atoms with Crippen molar-refractivity contribution in [1.82, 2.24) is 10.3 Å². The van der Waals surface area contributed by atoms with Crippen molar-refractivity contribution in [2.75, 3.05) is 17.7 Å². The third kappa shape index (κ3) is 8.64. The number of esters is 1. The van der Waals surface area contributed by atoms with Crippen LogP contribution in [0.15, 0.2) is 114 Å². The van der Waals surface area contributed by atoms with Gasteiger partial charge >= 0.3 is 5.97 Å². The zero-order chi connectivity index (χ0) is 30.6. The number of aromatic nitrogens is 1. The monoisotopic (exact) mass is 594 g/mol. The van der Waals surface area contributed by atoms with E-state index in [1.807, 2.05) is 13.0 Å². The molecule has 0 aliphatic heterocycles. The van der Waals surface area contributed by atoms with Gasteiger partial charge in [-0.3, -0.25) is 19.4 Å². The predicted octanol–water partition coefficient (Wildman–Crippen LogP) is 5.79. The second-order valence-electron chi connectivity index (χ2n) is 9.19. The van der Waals surface area contributed by atoms with Gasteiger partial charge in [-0.1, -0.05) is 49.4 Å². The predicted molar refractivity (Wildman–Crippen MR) is 168 cm³/mol. The Labute approximate surface area is 253 Å². The molecule has 0 bridgehead atoms. The molecule has 218 valence electrons. The van der Waals surface area contributed by atoms with E-state index in [-0.39, 0.29) is 17.2 Å². The Morgan fingerprint density at radius 2 is 1.67 bits per heavy atom. The van der Waals surface area contributed by atoms with Gasteiger partial charge < -0.3 is 20.7 Å². The third-order valence-electron chi connectivity index (χ3n) is 6.15. The van der Waals surface area contributed by atoms with Gasteiger partial charge in [0.2, 0.25) is 5.91 Å². The van der Waals surface area contributed by atoms with Gasteiger partial charge in [0, 0.05) is 28.5 Å². The van der Waals surface area contributed by atoms with Crippen molar-refractivity contribution in [3.63, 3.8) is 0 Å². The van der Waals surface area contributed by atoms with Crippen LogP contribution in [0.5, 0.6) is 0 Å². The molecule has 0 saturated heterocycles. The third-order valence-corrected chi connectivity index (χ3v) is 7.51. The zero-order valence-electron chi connectivity index (χ0n) is 23.6. The van der Waals surface area contributed by atoms with Crippen LogP contribution < -0.4 is 16.0 Å². The van der Waals surface area contributed by atoms with Gasteiger partial charge in [-0.15, -0.1) is 11.8 Å². The summed E-state index contributed by atoms with van der Waals surface area (Å²) in [5, 5.41) is 7.89. The number of carbonyl (C=O) groups excluding carboxylic acids is 4. The molecular weight excluding hydrogens is 564 g/mol. The minimum Gasteiger partial charge on any atom is -0.465 e. The van der Waals surface area contributed by atoms with Crippen molar-refractivity contribution in [2.24, 2.45) is 0 Å². The van der Waals surface area contributed by atoms with Crippen LogP contribution in [-0.2, 0) is 14.3 Å². The van der Waals surface area contributed by atoms with E-state index in [1.54, 1.807) is 103 Å². The number of amides is 3. The van der Waals surface area contributed by atoms with Gasteiger partial charge in [0.25, 0.3) is 11.8 Å². The minimum atomic E-state index is -0.544. The highest BCUT2D eigenvalue weighted by molar-refractivity contribution is 8.00. The molecule has 0 aliphatic carbocycles. The van der Waals surface area contributed by atoms with Crippen molar-refractivity contribution in [3.8, 4) is 0 Å². The Hall–Kier alpha value is -5.22. The molecule has 1 atom stereocenters. The molecule has 0 radical (unpaired) electrons. The number of hydrogen-bond donors (Lipinski definition) is 3. The number of nitrogens with one attached hydrogen (secondary N) is 3. The summed E-state index contributed by atoms with van der Waals surface area (Å²) in [5.74, 6) is -1.78. The number of ether oxygens (including phenoxy) is 1. The lowest BCUT2D eigenvalue weighted by Gasteiger charge is -2.17. The minimum absolute atomic E-state index is 0.0370. The van der Waals surface area contributed by atoms with Gasteiger partial charge in [0.05, 0.1) is 23.6 Å². The standard InChI is InChI=1S/C33H30N4O5S/c1-3-29(32(40)36-27-17-8-7-16-26(27)33(41)42-2)43-25-15-9-14-24(20-25)35-31(39)28(19-22-11-10-18-34-21-22)37-30(38)23-12-5-4-6-13-23/h4-21,29H,3H2,1-2H3,(H,35,39)(H,36,40)(H,37,38)/b28-19+. The Kier molecular flexibility index (Phi) is 10.8. The smallest absolute Gasteiger partial charge is 0.339 e. The Morgan fingerprint density at radius 3 is 2.40 bits per heavy atom. The van der Waals surface area contributed by atoms with E-state index in [2.05, 4.69) is 20.9 Å². The van der Waals surface area contributed by atoms with Crippen LogP contribution in [-0.4, -0.2) is 41.0 Å². The van der Waals surface area contributed by atoms with Crippen molar-refractivity contribution >= 4 is 52.9 Å². The summed E-state index contributed by atoms with van der Waals surface area (Å²) >= 11 is 1.32. The molecule has 3 amide bonds. The first-order valence-corrected chi connectivity index (χ1v) is 14.3. The van der Waals surface area contributed by atoms with Crippen LogP contribution in [0.25, 0.3) is 6.08 Å². The van der Waals surface area contributed by atoms with Crippen LogP contribution in [0.4, 0.5) is 11.4 Å². The molecular formula is C33H30N4O5S. The van der Waals surface area contributed by atoms with E-state index in [1.165, 1.54) is 18.9 Å². The normalized spacial score (nSPS) is 11.6. The molecule has 0 spiro atoms. The van der Waals surface area contributed by atoms with E-state index < -0.39 is 23.0 Å². The van der Waals surface area contributed by atoms with Crippen molar-refractivity contribution < 1.29 is 23.9 Å². The highest BCUT2D eigenvalue weighted by Crippen LogP contribution is 2.29. The van der Waals surface area contributed by atoms with Crippen LogP contribution >= 0.6 is 11.8 Å². The topological polar surface area (TPSA) is 126 Å². The number of hydrogen-bond acceptors (Lipinski definition) is 7. The fraction of sp³-hybridized carbons (Fsp3) is 0.121. The first-order chi connectivity index (χ1) is 20.9. The number of thioether (sulfide) groups is 1. The molecule has 1 heterocycles. The quantitative estimate of drug-likeness (QED) is 0.114. The van der Waals surface area contributed by atoms with Crippen LogP contribution in [0.1, 0.15) is 39.6 Å². The fourth-order valence-electron chi connectivity index (χ4n) is 4.00. The first-order valence-electron chi connectivity index (χ1n) is 13.4. The summed E-state index contributed by atoms with van der Waals surface area (Å²) < 4.78 is 4.82. The van der Waals surface area contributed by atoms with E-state index in [0.717, 1.165) is 4.90 Å². The summed E-state index contributed by atoms with van der Waals surface area (Å²) in [4.78, 5) is 56.3. The van der Waals surface area contributed by atoms with Crippen LogP contribution in [0.2, 0.25) is 0 Å². The number of methoxy groups -OCH3 is 1. The second kappa shape index (κ2) is 15.1. The Morgan fingerprint density at radius 1 is 0.907 bits per heavy atom. The van der Waals surface area contributed by atoms with Gasteiger partial charge in [0.15, 0.2) is 0 Å². The Balaban J connectivity index is 1.49. The van der Waals surface area contributed by atoms with Gasteiger partial charge in [-0.25, -0.2) is 4.79 Å². The number of anilines is 2. The number of rotatable bonds is 11. The van der Waals surface area contributed by atoms with E-state index in [9.17, 15) is 19.2 Å². The van der Waals surface area contributed by atoms with Crippen molar-refractivity contribution in [1.29, 1.82) is 0 Å². The maximum atomic E-state index is 13.4. The molecule has 4 aromatic rings. The fourth-order valence-corrected chi connectivity index (χ4v) is 5.01. The molecule has 43 heavy (non-hydrogen) atoms. The lowest BCUT2D eigenvalue weighted by molar-refractivity contribution is -0.116. The summed E-state index contributed by atoms with van der Waals surface area (Å²) in [7, 11) is 1.28. The summed E-state index contributed by atoms with van der Waals surface area (Å²) in [6, 6.07) is 25.8. The number of benzene rings is 3. The zero-order valence-corrected chi connectivity index (χ0v) is 24.4. The average molecular weight is 595 g/mol. The molecule has 3 N–H and O–H groups in total. The average Bonchev–Trinajstić information content (AvgIpc) is 3.04. The van der Waals surface area contributed by atoms with Crippen molar-refractivity contribution in [2.45, 2.75) is 23.5 Å². The van der Waals surface area contributed by atoms with Gasteiger partial charge in [-0.2, -0.15) is 0 Å². The van der Waals surface area contributed by atoms with E-state index in [0.29, 0.717) is 28.9 Å². The highest BCUT2D eigenvalue weighted by atomic mass is 32.2. The molecule has 0 saturated carbocycles. The largest absolute Gasteiger partial charge is 0.465 e. The van der Waals surface area contributed by atoms with Crippen LogP contribution in [0, 0.1) is 0 Å². The highest BCUT2D eigenvalue weighted by Gasteiger charge is 2.21. The lowest BCUT2D eigenvalue weighted by Crippen LogP contribution is -2.30. The molecule has 9 nitrogen and oxygen atoms in total. The molecule has 10 heteroatoms. The summed E-state index contributed by atoms with van der Waals surface area (Å²) in [5.41, 5.74) is 2.18. The van der Waals surface area contributed by atoms with Crippen LogP contribution in [0.3, 0.4) is 0 Å². The second-order valence-corrected chi connectivity index (χ2v) is 10.5. The lowest BCUT2D eigenvalue weighted by atomic mass is 10.1. The summed E-state index contributed by atoms with van der Waals surface area (Å²) in [6.45, 7) is 1.89. The molecule has 0 aliphatic rings. The number of carbonyl (C=O) groups is 4. The SMILES string of the molecule is CCC(Sc1cccc(NC(=O)/C(=C\c2cccnc2)NC(=O)c2ccccc2)c1)C(=O)Nc1ccccc1C(=O)OC.